The molecular weight excluding hydrogens is 430 g/mol. The fourth-order valence-electron chi connectivity index (χ4n) is 2.70. The predicted molar refractivity (Wildman–Crippen MR) is 110 cm³/mol. The van der Waals surface area contributed by atoms with E-state index < -0.39 is 0 Å². The van der Waals surface area contributed by atoms with Gasteiger partial charge in [0.15, 0.2) is 11.5 Å². The third kappa shape index (κ3) is 4.97. The van der Waals surface area contributed by atoms with Crippen molar-refractivity contribution in [1.82, 2.24) is 15.4 Å². The molecule has 0 aliphatic heterocycles. The number of hydrogen-bond donors (Lipinski definition) is 1. The fraction of sp³-hybridized carbons (Fsp3) is 0.200. The minimum atomic E-state index is -0.275. The van der Waals surface area contributed by atoms with Crippen molar-refractivity contribution >= 4 is 33.4 Å². The van der Waals surface area contributed by atoms with Crippen LogP contribution in [0.5, 0.6) is 0 Å². The summed E-state index contributed by atoms with van der Waals surface area (Å²) in [5.74, 6) is 0.275. The van der Waals surface area contributed by atoms with Gasteiger partial charge in [-0.05, 0) is 43.9 Å². The molecule has 0 spiro atoms. The Bertz CT molecular complexity index is 908. The maximum atomic E-state index is 12.5. The highest BCUT2D eigenvalue weighted by Crippen LogP contribution is 2.23. The van der Waals surface area contributed by atoms with E-state index >= 15 is 0 Å². The van der Waals surface area contributed by atoms with Crippen molar-refractivity contribution in [2.45, 2.75) is 6.04 Å². The summed E-state index contributed by atoms with van der Waals surface area (Å²) >= 11 is 9.35. The molecule has 0 aliphatic carbocycles. The molecule has 1 aromatic heterocycles. The molecule has 0 bridgehead atoms. The van der Waals surface area contributed by atoms with Crippen molar-refractivity contribution in [3.05, 3.63) is 75.4 Å². The molecule has 0 radical (unpaired) electrons. The van der Waals surface area contributed by atoms with E-state index in [0.717, 1.165) is 15.6 Å². The number of carbonyl (C=O) groups excluding carboxylic acids is 1. The van der Waals surface area contributed by atoms with E-state index in [1.807, 2.05) is 67.5 Å². The first-order valence-corrected chi connectivity index (χ1v) is 9.54. The zero-order valence-electron chi connectivity index (χ0n) is 14.9. The number of halogens is 2. The van der Waals surface area contributed by atoms with Crippen LogP contribution in [0.1, 0.15) is 22.1 Å². The number of benzene rings is 2. The minimum Gasteiger partial charge on any atom is -0.355 e. The zero-order valence-corrected chi connectivity index (χ0v) is 17.3. The fourth-order valence-corrected chi connectivity index (χ4v) is 3.09. The molecule has 0 saturated carbocycles. The third-order valence-electron chi connectivity index (χ3n) is 4.21. The van der Waals surface area contributed by atoms with Crippen molar-refractivity contribution in [3.8, 4) is 11.3 Å². The number of rotatable bonds is 6. The van der Waals surface area contributed by atoms with Crippen LogP contribution in [-0.4, -0.2) is 36.6 Å². The van der Waals surface area contributed by atoms with Gasteiger partial charge in [-0.1, -0.05) is 57.0 Å². The van der Waals surface area contributed by atoms with E-state index in [1.165, 1.54) is 0 Å². The van der Waals surface area contributed by atoms with E-state index in [9.17, 15) is 4.79 Å². The molecule has 1 amide bonds. The summed E-state index contributed by atoms with van der Waals surface area (Å²) < 4.78 is 6.29. The molecule has 1 unspecified atom stereocenters. The Morgan fingerprint density at radius 1 is 1.19 bits per heavy atom. The van der Waals surface area contributed by atoms with E-state index in [2.05, 4.69) is 26.4 Å². The molecule has 7 heteroatoms. The van der Waals surface area contributed by atoms with Crippen molar-refractivity contribution in [3.63, 3.8) is 0 Å². The molecule has 2 aromatic carbocycles. The number of carbonyl (C=O) groups is 1. The first-order valence-electron chi connectivity index (χ1n) is 8.37. The van der Waals surface area contributed by atoms with Gasteiger partial charge in [0.05, 0.1) is 6.04 Å². The highest BCUT2D eigenvalue weighted by atomic mass is 79.9. The van der Waals surface area contributed by atoms with E-state index in [-0.39, 0.29) is 17.6 Å². The van der Waals surface area contributed by atoms with Gasteiger partial charge >= 0.3 is 0 Å². The molecule has 0 aliphatic rings. The average molecular weight is 449 g/mol. The molecule has 0 saturated heterocycles. The maximum Gasteiger partial charge on any atom is 0.273 e. The normalized spacial score (nSPS) is 12.2. The van der Waals surface area contributed by atoms with Crippen LogP contribution in [0, 0.1) is 0 Å². The van der Waals surface area contributed by atoms with Crippen molar-refractivity contribution in [2.75, 3.05) is 20.6 Å². The topological polar surface area (TPSA) is 58.4 Å². The van der Waals surface area contributed by atoms with Crippen molar-refractivity contribution < 1.29 is 9.32 Å². The second-order valence-corrected chi connectivity index (χ2v) is 7.68. The molecule has 0 fully saturated rings. The van der Waals surface area contributed by atoms with Gasteiger partial charge in [-0.2, -0.15) is 0 Å². The molecule has 5 nitrogen and oxygen atoms in total. The van der Waals surface area contributed by atoms with Gasteiger partial charge in [-0.3, -0.25) is 4.79 Å². The van der Waals surface area contributed by atoms with Gasteiger partial charge in [0.1, 0.15) is 0 Å². The summed E-state index contributed by atoms with van der Waals surface area (Å²) in [5, 5.41) is 7.50. The van der Waals surface area contributed by atoms with E-state index in [0.29, 0.717) is 17.3 Å². The van der Waals surface area contributed by atoms with Crippen molar-refractivity contribution in [2.24, 2.45) is 0 Å². The number of aromatic nitrogens is 1. The largest absolute Gasteiger partial charge is 0.355 e. The summed E-state index contributed by atoms with van der Waals surface area (Å²) in [6.45, 7) is 0.438. The van der Waals surface area contributed by atoms with Crippen LogP contribution < -0.4 is 5.32 Å². The Balaban J connectivity index is 1.67. The first kappa shape index (κ1) is 19.6. The number of amides is 1. The summed E-state index contributed by atoms with van der Waals surface area (Å²) in [6.07, 6.45) is 0. The molecule has 3 aromatic rings. The minimum absolute atomic E-state index is 0.0176. The van der Waals surface area contributed by atoms with Crippen molar-refractivity contribution in [1.29, 1.82) is 0 Å². The standard InChI is InChI=1S/C20H19BrClN3O2/c1-25(2)18(13-5-9-16(22)10-6-13)12-23-20(26)17-11-19(27-24-17)14-3-7-15(21)8-4-14/h3-11,18H,12H2,1-2H3,(H,23,26). The summed E-state index contributed by atoms with van der Waals surface area (Å²) in [7, 11) is 3.93. The van der Waals surface area contributed by atoms with Gasteiger partial charge in [0.25, 0.3) is 5.91 Å². The second-order valence-electron chi connectivity index (χ2n) is 6.32. The van der Waals surface area contributed by atoms with Crippen LogP contribution in [0.2, 0.25) is 5.02 Å². The van der Waals surface area contributed by atoms with Gasteiger partial charge in [-0.25, -0.2) is 0 Å². The molecular formula is C20H19BrClN3O2. The first-order chi connectivity index (χ1) is 12.9. The maximum absolute atomic E-state index is 12.5. The molecule has 1 N–H and O–H groups in total. The lowest BCUT2D eigenvalue weighted by atomic mass is 10.1. The van der Waals surface area contributed by atoms with Crippen LogP contribution in [0.15, 0.2) is 63.6 Å². The average Bonchev–Trinajstić information content (AvgIpc) is 3.14. The number of nitrogens with one attached hydrogen (secondary N) is 1. The quantitative estimate of drug-likeness (QED) is 0.589. The van der Waals surface area contributed by atoms with Gasteiger partial charge < -0.3 is 14.7 Å². The Hall–Kier alpha value is -2.15. The molecule has 27 heavy (non-hydrogen) atoms. The Morgan fingerprint density at radius 2 is 1.85 bits per heavy atom. The van der Waals surface area contributed by atoms with Crippen LogP contribution >= 0.6 is 27.5 Å². The Kier molecular flexibility index (Phi) is 6.31. The summed E-state index contributed by atoms with van der Waals surface area (Å²) in [4.78, 5) is 14.5. The van der Waals surface area contributed by atoms with Gasteiger partial charge in [-0.15, -0.1) is 0 Å². The predicted octanol–water partition coefficient (Wildman–Crippen LogP) is 4.79. The number of nitrogens with zero attached hydrogens (tertiary/aromatic N) is 2. The number of hydrogen-bond acceptors (Lipinski definition) is 4. The Labute approximate surface area is 171 Å². The van der Waals surface area contributed by atoms with Gasteiger partial charge in [0.2, 0.25) is 0 Å². The highest BCUT2D eigenvalue weighted by Gasteiger charge is 2.18. The lowest BCUT2D eigenvalue weighted by Crippen LogP contribution is -2.34. The van der Waals surface area contributed by atoms with Gasteiger partial charge in [0, 0.05) is 27.7 Å². The zero-order chi connectivity index (χ0) is 19.4. The van der Waals surface area contributed by atoms with Crippen LogP contribution in [0.4, 0.5) is 0 Å². The molecule has 140 valence electrons. The van der Waals surface area contributed by atoms with Crippen LogP contribution in [0.3, 0.4) is 0 Å². The third-order valence-corrected chi connectivity index (χ3v) is 4.99. The summed E-state index contributed by atoms with van der Waals surface area (Å²) in [6, 6.07) is 16.9. The molecule has 1 atom stereocenters. The SMILES string of the molecule is CN(C)C(CNC(=O)c1cc(-c2ccc(Br)cc2)on1)c1ccc(Cl)cc1. The smallest absolute Gasteiger partial charge is 0.273 e. The highest BCUT2D eigenvalue weighted by molar-refractivity contribution is 9.10. The Morgan fingerprint density at radius 3 is 2.48 bits per heavy atom. The number of likely N-dealkylation sites (N-methyl/N-ethyl adjacent to an activating group) is 1. The lowest BCUT2D eigenvalue weighted by Gasteiger charge is -2.25. The lowest BCUT2D eigenvalue weighted by molar-refractivity contribution is 0.0933. The second kappa shape index (κ2) is 8.69. The summed E-state index contributed by atoms with van der Waals surface area (Å²) in [5.41, 5.74) is 2.18. The molecule has 1 heterocycles. The van der Waals surface area contributed by atoms with Crippen LogP contribution in [-0.2, 0) is 0 Å². The van der Waals surface area contributed by atoms with Crippen LogP contribution in [0.25, 0.3) is 11.3 Å². The monoisotopic (exact) mass is 447 g/mol. The van der Waals surface area contributed by atoms with E-state index in [4.69, 9.17) is 16.1 Å². The molecule has 3 rings (SSSR count). The van der Waals surface area contributed by atoms with E-state index in [1.54, 1.807) is 6.07 Å².